The third kappa shape index (κ3) is 2.57. The second-order valence-electron chi connectivity index (χ2n) is 4.75. The Bertz CT molecular complexity index is 432. The third-order valence-corrected chi connectivity index (χ3v) is 3.68. The maximum Gasteiger partial charge on any atom is 0.169 e. The van der Waals surface area contributed by atoms with E-state index in [1.54, 1.807) is 0 Å². The molecule has 94 valence electrons. The molecule has 1 aromatic carbocycles. The predicted molar refractivity (Wildman–Crippen MR) is 70.6 cm³/mol. The summed E-state index contributed by atoms with van der Waals surface area (Å²) in [5.74, 6) is 0.716. The van der Waals surface area contributed by atoms with Crippen LogP contribution < -0.4 is 16.8 Å². The topological polar surface area (TPSA) is 64.1 Å². The molecule has 1 unspecified atom stereocenters. The molecule has 1 aliphatic rings. The molecule has 1 atom stereocenters. The van der Waals surface area contributed by atoms with Gasteiger partial charge in [0.05, 0.1) is 17.1 Å². The van der Waals surface area contributed by atoms with Crippen molar-refractivity contribution >= 4 is 28.7 Å². The first-order valence-corrected chi connectivity index (χ1v) is 6.15. The quantitative estimate of drug-likeness (QED) is 0.727. The molecule has 0 saturated heterocycles. The van der Waals surface area contributed by atoms with Gasteiger partial charge in [-0.25, -0.2) is 4.39 Å². The van der Waals surface area contributed by atoms with Crippen LogP contribution in [0, 0.1) is 17.7 Å². The maximum absolute atomic E-state index is 13.8. The number of benzene rings is 1. The number of hydrogen-bond acceptors (Lipinski definition) is 3. The van der Waals surface area contributed by atoms with Crippen molar-refractivity contribution in [1.82, 2.24) is 0 Å². The summed E-state index contributed by atoms with van der Waals surface area (Å²) in [6.07, 6.45) is 2.53. The van der Waals surface area contributed by atoms with Crippen molar-refractivity contribution in [2.45, 2.75) is 19.8 Å². The summed E-state index contributed by atoms with van der Waals surface area (Å²) < 4.78 is 13.8. The second kappa shape index (κ2) is 4.61. The van der Waals surface area contributed by atoms with Gasteiger partial charge in [0.25, 0.3) is 0 Å². The minimum absolute atomic E-state index is 0.0687. The van der Waals surface area contributed by atoms with E-state index in [1.807, 2.05) is 0 Å². The monoisotopic (exact) mass is 257 g/mol. The Morgan fingerprint density at radius 3 is 2.71 bits per heavy atom. The van der Waals surface area contributed by atoms with Crippen molar-refractivity contribution in [3.05, 3.63) is 16.9 Å². The van der Waals surface area contributed by atoms with Gasteiger partial charge in [-0.05, 0) is 30.7 Å². The normalized spacial score (nSPS) is 16.9. The zero-order valence-corrected chi connectivity index (χ0v) is 10.5. The molecule has 1 fully saturated rings. The maximum atomic E-state index is 13.8. The molecule has 0 bridgehead atoms. The fourth-order valence-electron chi connectivity index (χ4n) is 1.94. The van der Waals surface area contributed by atoms with E-state index in [2.05, 4.69) is 12.2 Å². The van der Waals surface area contributed by atoms with Crippen LogP contribution in [0.2, 0.25) is 5.02 Å². The number of rotatable bonds is 4. The van der Waals surface area contributed by atoms with Gasteiger partial charge in [-0.15, -0.1) is 0 Å². The molecule has 0 heterocycles. The van der Waals surface area contributed by atoms with Crippen molar-refractivity contribution in [1.29, 1.82) is 0 Å². The van der Waals surface area contributed by atoms with Crippen molar-refractivity contribution in [2.75, 3.05) is 23.3 Å². The molecular weight excluding hydrogens is 241 g/mol. The van der Waals surface area contributed by atoms with Crippen molar-refractivity contribution in [2.24, 2.45) is 11.8 Å². The molecule has 5 heteroatoms. The molecule has 0 amide bonds. The van der Waals surface area contributed by atoms with Gasteiger partial charge >= 0.3 is 0 Å². The lowest BCUT2D eigenvalue weighted by molar-refractivity contribution is 0.534. The summed E-state index contributed by atoms with van der Waals surface area (Å²) in [6, 6.07) is 1.48. The highest BCUT2D eigenvalue weighted by molar-refractivity contribution is 6.33. The van der Waals surface area contributed by atoms with Gasteiger partial charge in [0.15, 0.2) is 5.82 Å². The summed E-state index contributed by atoms with van der Waals surface area (Å²) in [7, 11) is 0. The molecule has 0 aliphatic heterocycles. The molecule has 0 aromatic heterocycles. The van der Waals surface area contributed by atoms with Crippen LogP contribution >= 0.6 is 11.6 Å². The fraction of sp³-hybridized carbons (Fsp3) is 0.500. The van der Waals surface area contributed by atoms with E-state index < -0.39 is 5.82 Å². The Kier molecular flexibility index (Phi) is 3.33. The van der Waals surface area contributed by atoms with Crippen LogP contribution in [-0.4, -0.2) is 6.54 Å². The predicted octanol–water partition coefficient (Wildman–Crippen LogP) is 3.10. The molecule has 1 aromatic rings. The van der Waals surface area contributed by atoms with E-state index in [-0.39, 0.29) is 16.4 Å². The lowest BCUT2D eigenvalue weighted by atomic mass is 10.1. The van der Waals surface area contributed by atoms with Crippen molar-refractivity contribution in [3.8, 4) is 0 Å². The summed E-state index contributed by atoms with van der Waals surface area (Å²) in [5.41, 5.74) is 12.0. The van der Waals surface area contributed by atoms with Gasteiger partial charge in [-0.1, -0.05) is 18.5 Å². The number of nitrogens with one attached hydrogen (secondary N) is 1. The SMILES string of the molecule is CC(CNc1c(N)cc(N)c(Cl)c1F)C1CC1. The average molecular weight is 258 g/mol. The third-order valence-electron chi connectivity index (χ3n) is 3.29. The van der Waals surface area contributed by atoms with Crippen LogP contribution in [-0.2, 0) is 0 Å². The van der Waals surface area contributed by atoms with E-state index in [0.29, 0.717) is 18.2 Å². The minimum atomic E-state index is -0.563. The zero-order chi connectivity index (χ0) is 12.6. The Morgan fingerprint density at radius 2 is 2.12 bits per heavy atom. The first-order chi connectivity index (χ1) is 8.00. The molecule has 1 saturated carbocycles. The van der Waals surface area contributed by atoms with Crippen molar-refractivity contribution < 1.29 is 4.39 Å². The first-order valence-electron chi connectivity index (χ1n) is 5.77. The van der Waals surface area contributed by atoms with Gasteiger partial charge in [-0.2, -0.15) is 0 Å². The van der Waals surface area contributed by atoms with Crippen molar-refractivity contribution in [3.63, 3.8) is 0 Å². The van der Waals surface area contributed by atoms with Gasteiger partial charge in [0.2, 0.25) is 0 Å². The Balaban J connectivity index is 2.11. The molecule has 0 radical (unpaired) electrons. The molecule has 1 aliphatic carbocycles. The van der Waals surface area contributed by atoms with Crippen LogP contribution in [0.4, 0.5) is 21.5 Å². The zero-order valence-electron chi connectivity index (χ0n) is 9.76. The first kappa shape index (κ1) is 12.3. The Morgan fingerprint density at radius 1 is 1.47 bits per heavy atom. The van der Waals surface area contributed by atoms with Crippen LogP contribution in [0.5, 0.6) is 0 Å². The van der Waals surface area contributed by atoms with Gasteiger partial charge in [0.1, 0.15) is 5.02 Å². The summed E-state index contributed by atoms with van der Waals surface area (Å²) >= 11 is 5.75. The lowest BCUT2D eigenvalue weighted by Crippen LogP contribution is -2.15. The number of hydrogen-bond donors (Lipinski definition) is 3. The van der Waals surface area contributed by atoms with Crippen LogP contribution in [0.15, 0.2) is 6.07 Å². The van der Waals surface area contributed by atoms with E-state index in [9.17, 15) is 4.39 Å². The van der Waals surface area contributed by atoms with Gasteiger partial charge in [0, 0.05) is 6.54 Å². The Hall–Kier alpha value is -1.16. The fourth-order valence-corrected chi connectivity index (χ4v) is 2.09. The van der Waals surface area contributed by atoms with Gasteiger partial charge < -0.3 is 16.8 Å². The average Bonchev–Trinajstić information content (AvgIpc) is 3.09. The van der Waals surface area contributed by atoms with Crippen LogP contribution in [0.1, 0.15) is 19.8 Å². The summed E-state index contributed by atoms with van der Waals surface area (Å²) in [5, 5.41) is 2.96. The highest BCUT2D eigenvalue weighted by atomic mass is 35.5. The second-order valence-corrected chi connectivity index (χ2v) is 5.13. The molecule has 2 rings (SSSR count). The smallest absolute Gasteiger partial charge is 0.169 e. The van der Waals surface area contributed by atoms with Crippen LogP contribution in [0.3, 0.4) is 0 Å². The van der Waals surface area contributed by atoms with E-state index in [0.717, 1.165) is 5.92 Å². The standard InChI is InChI=1S/C12H17ClFN3/c1-6(7-2-3-7)5-17-12-9(16)4-8(15)10(13)11(12)14/h4,6-7,17H,2-3,5,15-16H2,1H3. The number of nitrogen functional groups attached to an aromatic ring is 2. The summed E-state index contributed by atoms with van der Waals surface area (Å²) in [6.45, 7) is 2.85. The van der Waals surface area contributed by atoms with E-state index >= 15 is 0 Å². The molecular formula is C12H17ClFN3. The lowest BCUT2D eigenvalue weighted by Gasteiger charge is -2.16. The highest BCUT2D eigenvalue weighted by Gasteiger charge is 2.28. The molecule has 5 N–H and O–H groups in total. The molecule has 17 heavy (non-hydrogen) atoms. The Labute approximate surface area is 105 Å². The number of nitrogens with two attached hydrogens (primary N) is 2. The minimum Gasteiger partial charge on any atom is -0.397 e. The number of anilines is 3. The van der Waals surface area contributed by atoms with Gasteiger partial charge in [-0.3, -0.25) is 0 Å². The van der Waals surface area contributed by atoms with Crippen LogP contribution in [0.25, 0.3) is 0 Å². The largest absolute Gasteiger partial charge is 0.397 e. The number of halogens is 2. The van der Waals surface area contributed by atoms with E-state index in [4.69, 9.17) is 23.1 Å². The highest BCUT2D eigenvalue weighted by Crippen LogP contribution is 2.38. The van der Waals surface area contributed by atoms with E-state index in [1.165, 1.54) is 18.9 Å². The molecule has 3 nitrogen and oxygen atoms in total. The summed E-state index contributed by atoms with van der Waals surface area (Å²) in [4.78, 5) is 0. The molecule has 0 spiro atoms.